The number of methoxy groups -OCH3 is 1. The molecule has 0 atom stereocenters. The summed E-state index contributed by atoms with van der Waals surface area (Å²) in [6.07, 6.45) is 0.839. The summed E-state index contributed by atoms with van der Waals surface area (Å²) in [6, 6.07) is 15.4. The van der Waals surface area contributed by atoms with Crippen LogP contribution in [0.25, 0.3) is 15.9 Å². The number of ketones is 1. The number of Topliss-reactive ketones (excluding diaryl/α,β-unsaturated/α-hetero) is 1. The molecule has 1 aliphatic rings. The highest BCUT2D eigenvalue weighted by Crippen LogP contribution is 2.35. The first kappa shape index (κ1) is 24.7. The first-order chi connectivity index (χ1) is 17.4. The average Bonchev–Trinajstić information content (AvgIpc) is 3.25. The lowest BCUT2D eigenvalue weighted by Gasteiger charge is -2.30. The molecular weight excluding hydrogens is 490 g/mol. The summed E-state index contributed by atoms with van der Waals surface area (Å²) >= 11 is 2.91. The Hall–Kier alpha value is -2.94. The molecule has 0 N–H and O–H groups in total. The molecule has 0 aliphatic carbocycles. The first-order valence-corrected chi connectivity index (χ1v) is 13.8. The maximum atomic E-state index is 14.0. The normalized spacial score (nSPS) is 13.8. The molecule has 0 amide bonds. The predicted molar refractivity (Wildman–Crippen MR) is 147 cm³/mol. The molecule has 5 rings (SSSR count). The minimum Gasteiger partial charge on any atom is -0.497 e. The Morgan fingerprint density at radius 1 is 1.14 bits per heavy atom. The third kappa shape index (κ3) is 4.73. The van der Waals surface area contributed by atoms with E-state index < -0.39 is 0 Å². The van der Waals surface area contributed by atoms with E-state index in [2.05, 4.69) is 18.7 Å². The molecule has 2 aromatic carbocycles. The maximum absolute atomic E-state index is 14.0. The van der Waals surface area contributed by atoms with Crippen molar-refractivity contribution >= 4 is 39.1 Å². The number of rotatable bonds is 7. The van der Waals surface area contributed by atoms with Gasteiger partial charge >= 0.3 is 0 Å². The van der Waals surface area contributed by atoms with Crippen LogP contribution in [0.2, 0.25) is 0 Å². The molecule has 2 aromatic heterocycles. The fourth-order valence-corrected chi connectivity index (χ4v) is 6.69. The van der Waals surface area contributed by atoms with Gasteiger partial charge < -0.3 is 4.74 Å². The van der Waals surface area contributed by atoms with E-state index in [0.29, 0.717) is 33.6 Å². The Morgan fingerprint density at radius 3 is 2.53 bits per heavy atom. The number of aromatic nitrogens is 2. The summed E-state index contributed by atoms with van der Waals surface area (Å²) < 4.78 is 6.96. The van der Waals surface area contributed by atoms with Gasteiger partial charge in [0.05, 0.1) is 23.9 Å². The number of hydrogen-bond donors (Lipinski definition) is 0. The van der Waals surface area contributed by atoms with E-state index in [9.17, 15) is 9.59 Å². The van der Waals surface area contributed by atoms with Gasteiger partial charge in [0, 0.05) is 29.6 Å². The largest absolute Gasteiger partial charge is 0.497 e. The highest BCUT2D eigenvalue weighted by Gasteiger charge is 2.27. The number of thioether (sulfide) groups is 1. The van der Waals surface area contributed by atoms with Gasteiger partial charge in [-0.25, -0.2) is 4.98 Å². The summed E-state index contributed by atoms with van der Waals surface area (Å²) in [7, 11) is 1.62. The highest BCUT2D eigenvalue weighted by molar-refractivity contribution is 7.99. The topological polar surface area (TPSA) is 64.4 Å². The lowest BCUT2D eigenvalue weighted by atomic mass is 10.0. The van der Waals surface area contributed by atoms with Crippen LogP contribution in [0.4, 0.5) is 0 Å². The van der Waals surface area contributed by atoms with Crippen molar-refractivity contribution in [1.82, 2.24) is 14.5 Å². The summed E-state index contributed by atoms with van der Waals surface area (Å²) in [5.74, 6) is 0.920. The van der Waals surface area contributed by atoms with Gasteiger partial charge in [-0.15, -0.1) is 11.3 Å². The molecule has 1 aliphatic heterocycles. The van der Waals surface area contributed by atoms with Gasteiger partial charge in [-0.05, 0) is 57.0 Å². The summed E-state index contributed by atoms with van der Waals surface area (Å²) in [5, 5.41) is 1.24. The third-order valence-corrected chi connectivity index (χ3v) is 8.69. The van der Waals surface area contributed by atoms with E-state index >= 15 is 0 Å². The lowest BCUT2D eigenvalue weighted by Crippen LogP contribution is -2.35. The van der Waals surface area contributed by atoms with Crippen LogP contribution in [0.5, 0.6) is 5.75 Å². The van der Waals surface area contributed by atoms with Crippen molar-refractivity contribution in [3.63, 3.8) is 0 Å². The Balaban J connectivity index is 1.58. The Bertz CT molecular complexity index is 1470. The van der Waals surface area contributed by atoms with Gasteiger partial charge in [-0.2, -0.15) is 0 Å². The number of fused-ring (bicyclic) bond motifs is 3. The molecule has 8 heteroatoms. The fraction of sp³-hybridized carbons (Fsp3) is 0.321. The van der Waals surface area contributed by atoms with Crippen LogP contribution < -0.4 is 10.3 Å². The third-order valence-electron chi connectivity index (χ3n) is 6.64. The van der Waals surface area contributed by atoms with Crippen molar-refractivity contribution < 1.29 is 9.53 Å². The van der Waals surface area contributed by atoms with E-state index in [0.717, 1.165) is 35.5 Å². The molecule has 0 saturated carbocycles. The molecule has 0 fully saturated rings. The van der Waals surface area contributed by atoms with Gasteiger partial charge in [0.15, 0.2) is 10.9 Å². The molecule has 0 unspecified atom stereocenters. The molecule has 186 valence electrons. The predicted octanol–water partition coefficient (Wildman–Crippen LogP) is 5.51. The van der Waals surface area contributed by atoms with Crippen LogP contribution in [0.3, 0.4) is 0 Å². The monoisotopic (exact) mass is 519 g/mol. The van der Waals surface area contributed by atoms with Crippen molar-refractivity contribution in [3.05, 3.63) is 80.5 Å². The van der Waals surface area contributed by atoms with Crippen LogP contribution in [0.1, 0.15) is 40.2 Å². The van der Waals surface area contributed by atoms with E-state index in [1.54, 1.807) is 23.0 Å². The number of nitrogens with zero attached hydrogens (tertiary/aromatic N) is 3. The van der Waals surface area contributed by atoms with Crippen LogP contribution in [-0.4, -0.2) is 45.7 Å². The van der Waals surface area contributed by atoms with Gasteiger partial charge in [-0.3, -0.25) is 19.1 Å². The second kappa shape index (κ2) is 10.2. The van der Waals surface area contributed by atoms with Crippen molar-refractivity contribution in [3.8, 4) is 11.4 Å². The smallest absolute Gasteiger partial charge is 0.267 e. The van der Waals surface area contributed by atoms with Gasteiger partial charge in [-0.1, -0.05) is 41.6 Å². The maximum Gasteiger partial charge on any atom is 0.267 e. The van der Waals surface area contributed by atoms with Crippen LogP contribution >= 0.6 is 23.1 Å². The fourth-order valence-electron chi connectivity index (χ4n) is 4.49. The van der Waals surface area contributed by atoms with E-state index in [4.69, 9.17) is 9.72 Å². The minimum absolute atomic E-state index is 0.00803. The molecule has 0 spiro atoms. The minimum atomic E-state index is -0.0778. The van der Waals surface area contributed by atoms with Crippen molar-refractivity contribution in [2.24, 2.45) is 0 Å². The molecule has 3 heterocycles. The lowest BCUT2D eigenvalue weighted by molar-refractivity contribution is 0.102. The molecular formula is C28H29N3O3S2. The zero-order valence-electron chi connectivity index (χ0n) is 20.9. The second-order valence-corrected chi connectivity index (χ2v) is 11.3. The number of hydrogen-bond acceptors (Lipinski definition) is 7. The van der Waals surface area contributed by atoms with E-state index in [1.807, 2.05) is 55.5 Å². The molecule has 36 heavy (non-hydrogen) atoms. The van der Waals surface area contributed by atoms with Gasteiger partial charge in [0.1, 0.15) is 10.6 Å². The zero-order chi connectivity index (χ0) is 25.4. The average molecular weight is 520 g/mol. The SMILES string of the molecule is COc1ccc(-n2c(SCC(=O)c3ccc(C)cc3)nc3sc4c(c3c2=O)CCN(C(C)C)C4)cc1. The molecule has 4 aromatic rings. The molecule has 0 radical (unpaired) electrons. The van der Waals surface area contributed by atoms with Crippen LogP contribution in [-0.2, 0) is 13.0 Å². The van der Waals surface area contributed by atoms with Gasteiger partial charge in [0.2, 0.25) is 0 Å². The Morgan fingerprint density at radius 2 is 1.86 bits per heavy atom. The molecule has 0 saturated heterocycles. The highest BCUT2D eigenvalue weighted by atomic mass is 32.2. The Labute approximate surface area is 218 Å². The van der Waals surface area contributed by atoms with Crippen molar-refractivity contribution in [2.45, 2.75) is 44.9 Å². The molecule has 6 nitrogen and oxygen atoms in total. The van der Waals surface area contributed by atoms with E-state index in [1.165, 1.54) is 16.6 Å². The number of thiophene rings is 1. The van der Waals surface area contributed by atoms with Crippen LogP contribution in [0, 0.1) is 6.92 Å². The van der Waals surface area contributed by atoms with E-state index in [-0.39, 0.29) is 17.1 Å². The first-order valence-electron chi connectivity index (χ1n) is 12.0. The number of carbonyl (C=O) groups excluding carboxylic acids is 1. The molecule has 0 bridgehead atoms. The summed E-state index contributed by atoms with van der Waals surface area (Å²) in [6.45, 7) is 8.17. The Kier molecular flexibility index (Phi) is 7.01. The number of benzene rings is 2. The standard InChI is InChI=1S/C28H29N3O3S2/c1-17(2)30-14-13-22-24(15-30)36-26-25(22)27(33)31(20-9-11-21(34-4)12-10-20)28(29-26)35-16-23(32)19-7-5-18(3)6-8-19/h5-12,17H,13-16H2,1-4H3. The van der Waals surface area contributed by atoms with Crippen molar-refractivity contribution in [1.29, 1.82) is 0 Å². The number of carbonyl (C=O) groups is 1. The van der Waals surface area contributed by atoms with Crippen LogP contribution in [0.15, 0.2) is 58.5 Å². The number of ether oxygens (including phenoxy) is 1. The van der Waals surface area contributed by atoms with Crippen molar-refractivity contribution in [2.75, 3.05) is 19.4 Å². The zero-order valence-corrected chi connectivity index (χ0v) is 22.5. The second-order valence-electron chi connectivity index (χ2n) is 9.31. The van der Waals surface area contributed by atoms with Gasteiger partial charge in [0.25, 0.3) is 5.56 Å². The summed E-state index contributed by atoms with van der Waals surface area (Å²) in [4.78, 5) is 36.3. The summed E-state index contributed by atoms with van der Waals surface area (Å²) in [5.41, 5.74) is 3.52. The quantitative estimate of drug-likeness (QED) is 0.182. The number of aryl methyl sites for hydroxylation is 1.